The summed E-state index contributed by atoms with van der Waals surface area (Å²) < 4.78 is 5.17. The number of ether oxygens (including phenoxy) is 1. The second kappa shape index (κ2) is 3.22. The van der Waals surface area contributed by atoms with Gasteiger partial charge in [-0.05, 0) is 0 Å². The van der Waals surface area contributed by atoms with E-state index < -0.39 is 6.10 Å². The van der Waals surface area contributed by atoms with Crippen LogP contribution in [0.3, 0.4) is 0 Å². The van der Waals surface area contributed by atoms with Crippen molar-refractivity contribution in [1.82, 2.24) is 5.32 Å². The molecule has 0 aromatic rings. The summed E-state index contributed by atoms with van der Waals surface area (Å²) in [6, 6.07) is 0. The molecule has 11 heavy (non-hydrogen) atoms. The fourth-order valence-corrected chi connectivity index (χ4v) is 0.749. The number of hydrogen-bond acceptors (Lipinski definition) is 2. The monoisotopic (exact) mass is 151 g/mol. The molecule has 3 heteroatoms. The highest BCUT2D eigenvalue weighted by atomic mass is 16.5. The van der Waals surface area contributed by atoms with E-state index in [4.69, 9.17) is 11.2 Å². The van der Waals surface area contributed by atoms with Crippen LogP contribution in [0.5, 0.6) is 0 Å². The number of terminal acetylenes is 1. The average molecular weight is 151 g/mol. The Kier molecular flexibility index (Phi) is 2.29. The minimum atomic E-state index is -0.402. The Morgan fingerprint density at radius 2 is 2.64 bits per heavy atom. The van der Waals surface area contributed by atoms with E-state index >= 15 is 0 Å². The number of hydrogen-bond donors (Lipinski definition) is 1. The van der Waals surface area contributed by atoms with E-state index in [2.05, 4.69) is 17.8 Å². The standard InChI is InChI=1S/C8H9NO2/c1-3-6(4-2)11-8-5-7(10)9-8/h1,4,6,8H,2,5H2,(H,9,10). The third-order valence-electron chi connectivity index (χ3n) is 1.38. The van der Waals surface area contributed by atoms with Gasteiger partial charge in [-0.25, -0.2) is 0 Å². The SMILES string of the molecule is C#CC(C=C)OC1CC(=O)N1. The molecule has 3 nitrogen and oxygen atoms in total. The molecule has 0 spiro atoms. The molecule has 0 radical (unpaired) electrons. The Labute approximate surface area is 65.4 Å². The smallest absolute Gasteiger partial charge is 0.226 e. The summed E-state index contributed by atoms with van der Waals surface area (Å²) in [5.41, 5.74) is 0. The lowest BCUT2D eigenvalue weighted by molar-refractivity contribution is -0.141. The van der Waals surface area contributed by atoms with Gasteiger partial charge in [0.05, 0.1) is 6.42 Å². The summed E-state index contributed by atoms with van der Waals surface area (Å²) in [6.45, 7) is 3.48. The van der Waals surface area contributed by atoms with Crippen molar-refractivity contribution >= 4 is 5.91 Å². The molecule has 0 bridgehead atoms. The minimum Gasteiger partial charge on any atom is -0.338 e. The summed E-state index contributed by atoms with van der Waals surface area (Å²) in [5.74, 6) is 2.37. The normalized spacial score (nSPS) is 24.3. The van der Waals surface area contributed by atoms with Gasteiger partial charge in [-0.2, -0.15) is 0 Å². The molecule has 58 valence electrons. The van der Waals surface area contributed by atoms with Gasteiger partial charge < -0.3 is 10.1 Å². The predicted octanol–water partition coefficient (Wildman–Crippen LogP) is 0.0368. The summed E-state index contributed by atoms with van der Waals surface area (Å²) in [6.07, 6.45) is 6.38. The van der Waals surface area contributed by atoms with E-state index in [1.165, 1.54) is 6.08 Å². The largest absolute Gasteiger partial charge is 0.338 e. The fourth-order valence-electron chi connectivity index (χ4n) is 0.749. The zero-order valence-corrected chi connectivity index (χ0v) is 6.04. The van der Waals surface area contributed by atoms with E-state index in [1.807, 2.05) is 0 Å². The Balaban J connectivity index is 2.26. The van der Waals surface area contributed by atoms with Crippen molar-refractivity contribution in [3.63, 3.8) is 0 Å². The van der Waals surface area contributed by atoms with Crippen molar-refractivity contribution in [2.24, 2.45) is 0 Å². The predicted molar refractivity (Wildman–Crippen MR) is 40.5 cm³/mol. The van der Waals surface area contributed by atoms with Gasteiger partial charge in [-0.3, -0.25) is 4.79 Å². The summed E-state index contributed by atoms with van der Waals surface area (Å²) in [5, 5.41) is 2.54. The first-order valence-corrected chi connectivity index (χ1v) is 3.29. The molecule has 1 aliphatic rings. The number of amides is 1. The molecule has 1 aliphatic heterocycles. The van der Waals surface area contributed by atoms with Gasteiger partial charge in [0.1, 0.15) is 12.3 Å². The Bertz CT molecular complexity index is 209. The van der Waals surface area contributed by atoms with Gasteiger partial charge in [0.25, 0.3) is 0 Å². The maximum absolute atomic E-state index is 10.4. The number of carbonyl (C=O) groups excluding carboxylic acids is 1. The summed E-state index contributed by atoms with van der Waals surface area (Å²) in [7, 11) is 0. The van der Waals surface area contributed by atoms with Gasteiger partial charge in [-0.15, -0.1) is 6.42 Å². The van der Waals surface area contributed by atoms with Crippen molar-refractivity contribution < 1.29 is 9.53 Å². The second-order valence-corrected chi connectivity index (χ2v) is 2.22. The molecule has 1 saturated heterocycles. The molecule has 1 rings (SSSR count). The third-order valence-corrected chi connectivity index (χ3v) is 1.38. The molecule has 0 aliphatic carbocycles. The zero-order chi connectivity index (χ0) is 8.27. The molecule has 0 saturated carbocycles. The van der Waals surface area contributed by atoms with Gasteiger partial charge in [0.2, 0.25) is 5.91 Å². The molecule has 1 N–H and O–H groups in total. The molecule has 1 fully saturated rings. The highest BCUT2D eigenvalue weighted by molar-refractivity contribution is 5.82. The Hall–Kier alpha value is -1.27. The van der Waals surface area contributed by atoms with Gasteiger partial charge in [-0.1, -0.05) is 18.6 Å². The average Bonchev–Trinajstić information content (AvgIpc) is 1.96. The van der Waals surface area contributed by atoms with Crippen LogP contribution < -0.4 is 5.32 Å². The number of carbonyl (C=O) groups is 1. The van der Waals surface area contributed by atoms with Crippen LogP contribution in [0.1, 0.15) is 6.42 Å². The van der Waals surface area contributed by atoms with E-state index in [-0.39, 0.29) is 12.1 Å². The van der Waals surface area contributed by atoms with Crippen LogP contribution in [0, 0.1) is 12.3 Å². The third kappa shape index (κ3) is 1.82. The van der Waals surface area contributed by atoms with Crippen LogP contribution in [0.25, 0.3) is 0 Å². The molecule has 2 atom stereocenters. The van der Waals surface area contributed by atoms with Crippen LogP contribution in [0.15, 0.2) is 12.7 Å². The molecule has 1 amide bonds. The Morgan fingerprint density at radius 1 is 2.00 bits per heavy atom. The highest BCUT2D eigenvalue weighted by Crippen LogP contribution is 2.08. The summed E-state index contributed by atoms with van der Waals surface area (Å²) in [4.78, 5) is 10.4. The minimum absolute atomic E-state index is 0.00478. The Morgan fingerprint density at radius 3 is 3.00 bits per heavy atom. The summed E-state index contributed by atoms with van der Waals surface area (Å²) >= 11 is 0. The lowest BCUT2D eigenvalue weighted by Gasteiger charge is -2.28. The van der Waals surface area contributed by atoms with Crippen molar-refractivity contribution in [3.8, 4) is 12.3 Å². The van der Waals surface area contributed by atoms with Crippen molar-refractivity contribution in [2.75, 3.05) is 0 Å². The van der Waals surface area contributed by atoms with Gasteiger partial charge in [0, 0.05) is 0 Å². The van der Waals surface area contributed by atoms with Crippen LogP contribution in [-0.2, 0) is 9.53 Å². The van der Waals surface area contributed by atoms with Crippen LogP contribution >= 0.6 is 0 Å². The van der Waals surface area contributed by atoms with Gasteiger partial charge >= 0.3 is 0 Å². The first kappa shape index (κ1) is 7.83. The number of nitrogens with one attached hydrogen (secondary N) is 1. The molecular formula is C8H9NO2. The maximum atomic E-state index is 10.4. The van der Waals surface area contributed by atoms with Crippen molar-refractivity contribution in [1.29, 1.82) is 0 Å². The molecule has 0 aromatic carbocycles. The molecular weight excluding hydrogens is 142 g/mol. The van der Waals surface area contributed by atoms with E-state index in [0.29, 0.717) is 6.42 Å². The highest BCUT2D eigenvalue weighted by Gasteiger charge is 2.27. The molecule has 2 unspecified atom stereocenters. The second-order valence-electron chi connectivity index (χ2n) is 2.22. The first-order valence-electron chi connectivity index (χ1n) is 3.29. The fraction of sp³-hybridized carbons (Fsp3) is 0.375. The number of β-lactam (4-membered cyclic amide) rings is 1. The lowest BCUT2D eigenvalue weighted by atomic mass is 10.2. The van der Waals surface area contributed by atoms with Crippen LogP contribution in [-0.4, -0.2) is 18.2 Å². The van der Waals surface area contributed by atoms with Crippen LogP contribution in [0.2, 0.25) is 0 Å². The quantitative estimate of drug-likeness (QED) is 0.351. The van der Waals surface area contributed by atoms with E-state index in [0.717, 1.165) is 0 Å². The van der Waals surface area contributed by atoms with Crippen LogP contribution in [0.4, 0.5) is 0 Å². The number of rotatable bonds is 3. The van der Waals surface area contributed by atoms with E-state index in [1.54, 1.807) is 0 Å². The maximum Gasteiger partial charge on any atom is 0.226 e. The zero-order valence-electron chi connectivity index (χ0n) is 6.04. The van der Waals surface area contributed by atoms with E-state index in [9.17, 15) is 4.79 Å². The lowest BCUT2D eigenvalue weighted by Crippen LogP contribution is -2.51. The topological polar surface area (TPSA) is 38.3 Å². The van der Waals surface area contributed by atoms with Crippen molar-refractivity contribution in [3.05, 3.63) is 12.7 Å². The molecule has 1 heterocycles. The first-order chi connectivity index (χ1) is 5.26. The van der Waals surface area contributed by atoms with Gasteiger partial charge in [0.15, 0.2) is 0 Å². The van der Waals surface area contributed by atoms with Crippen molar-refractivity contribution in [2.45, 2.75) is 18.8 Å². The molecule has 0 aromatic heterocycles.